The number of hydrogen-bond acceptors (Lipinski definition) is 3. The number of hydrazine groups is 1. The third-order valence-electron chi connectivity index (χ3n) is 2.34. The van der Waals surface area contributed by atoms with E-state index < -0.39 is 0 Å². The Bertz CT molecular complexity index is 370. The van der Waals surface area contributed by atoms with Crippen molar-refractivity contribution < 1.29 is 0 Å². The van der Waals surface area contributed by atoms with Crippen LogP contribution in [0.3, 0.4) is 0 Å². The molecule has 2 rings (SSSR count). The molecule has 0 aromatic heterocycles. The van der Waals surface area contributed by atoms with Gasteiger partial charge in [-0.2, -0.15) is 0 Å². The van der Waals surface area contributed by atoms with Crippen LogP contribution in [0.15, 0.2) is 29.3 Å². The lowest BCUT2D eigenvalue weighted by atomic mass is 10.2. The maximum atomic E-state index is 5.83. The first-order valence-electron chi connectivity index (χ1n) is 5.01. The van der Waals surface area contributed by atoms with Crippen LogP contribution in [0.4, 0.5) is 0 Å². The molecule has 0 fully saturated rings. The fourth-order valence-electron chi connectivity index (χ4n) is 1.44. The van der Waals surface area contributed by atoms with Crippen molar-refractivity contribution in [3.63, 3.8) is 0 Å². The van der Waals surface area contributed by atoms with E-state index >= 15 is 0 Å². The van der Waals surface area contributed by atoms with Gasteiger partial charge in [-0.15, -0.1) is 0 Å². The molecule has 0 saturated carbocycles. The van der Waals surface area contributed by atoms with Gasteiger partial charge in [-0.3, -0.25) is 0 Å². The smallest absolute Gasteiger partial charge is 0.143 e. The van der Waals surface area contributed by atoms with Crippen molar-refractivity contribution in [1.29, 1.82) is 0 Å². The van der Waals surface area contributed by atoms with E-state index in [4.69, 9.17) is 11.6 Å². The second-order valence-electron chi connectivity index (χ2n) is 3.89. The Morgan fingerprint density at radius 1 is 1.27 bits per heavy atom. The normalized spacial score (nSPS) is 20.3. The summed E-state index contributed by atoms with van der Waals surface area (Å²) in [6.07, 6.45) is -0.000309. The van der Waals surface area contributed by atoms with E-state index in [1.165, 1.54) is 0 Å². The van der Waals surface area contributed by atoms with Gasteiger partial charge in [0.25, 0.3) is 0 Å². The standard InChI is InChI=1S/C11H14ClN3/c1-7(2)10-13-11(15-14-10)8-3-5-9(12)6-4-8/h3-7,11,15H,1-2H3,(H,13,14). The van der Waals surface area contributed by atoms with E-state index in [0.717, 1.165) is 16.4 Å². The number of halogens is 1. The lowest BCUT2D eigenvalue weighted by Gasteiger charge is -2.07. The van der Waals surface area contributed by atoms with Crippen molar-refractivity contribution in [3.05, 3.63) is 34.9 Å². The van der Waals surface area contributed by atoms with Gasteiger partial charge < -0.3 is 5.43 Å². The van der Waals surface area contributed by atoms with E-state index in [9.17, 15) is 0 Å². The molecule has 2 N–H and O–H groups in total. The maximum Gasteiger partial charge on any atom is 0.143 e. The Labute approximate surface area is 94.5 Å². The first-order chi connectivity index (χ1) is 7.16. The minimum Gasteiger partial charge on any atom is -0.307 e. The number of rotatable bonds is 2. The zero-order valence-corrected chi connectivity index (χ0v) is 9.55. The van der Waals surface area contributed by atoms with Crippen molar-refractivity contribution in [3.8, 4) is 0 Å². The van der Waals surface area contributed by atoms with Crippen LogP contribution in [-0.2, 0) is 0 Å². The molecule has 0 aliphatic carbocycles. The minimum atomic E-state index is -0.000309. The average Bonchev–Trinajstić information content (AvgIpc) is 2.68. The monoisotopic (exact) mass is 223 g/mol. The number of hydrogen-bond donors (Lipinski definition) is 2. The Balaban J connectivity index is 2.17. The average molecular weight is 224 g/mol. The number of nitrogens with zero attached hydrogens (tertiary/aromatic N) is 1. The molecule has 0 spiro atoms. The quantitative estimate of drug-likeness (QED) is 0.808. The molecule has 1 aromatic rings. The molecule has 80 valence electrons. The zero-order chi connectivity index (χ0) is 10.8. The van der Waals surface area contributed by atoms with E-state index in [1.807, 2.05) is 24.3 Å². The Morgan fingerprint density at radius 2 is 1.93 bits per heavy atom. The van der Waals surface area contributed by atoms with Crippen LogP contribution >= 0.6 is 11.6 Å². The van der Waals surface area contributed by atoms with Crippen LogP contribution in [0.2, 0.25) is 5.02 Å². The van der Waals surface area contributed by atoms with Crippen LogP contribution in [-0.4, -0.2) is 5.84 Å². The van der Waals surface area contributed by atoms with E-state index in [-0.39, 0.29) is 6.17 Å². The van der Waals surface area contributed by atoms with Gasteiger partial charge in [0.2, 0.25) is 0 Å². The molecule has 1 aromatic carbocycles. The summed E-state index contributed by atoms with van der Waals surface area (Å²) in [6, 6.07) is 7.71. The molecular formula is C11H14ClN3. The number of amidine groups is 1. The topological polar surface area (TPSA) is 36.4 Å². The molecule has 1 unspecified atom stereocenters. The van der Waals surface area contributed by atoms with Gasteiger partial charge in [0, 0.05) is 10.9 Å². The molecule has 15 heavy (non-hydrogen) atoms. The van der Waals surface area contributed by atoms with Crippen molar-refractivity contribution in [2.45, 2.75) is 20.0 Å². The molecular weight excluding hydrogens is 210 g/mol. The highest BCUT2D eigenvalue weighted by Gasteiger charge is 2.19. The van der Waals surface area contributed by atoms with E-state index in [2.05, 4.69) is 29.7 Å². The van der Waals surface area contributed by atoms with Gasteiger partial charge in [0.05, 0.1) is 0 Å². The Morgan fingerprint density at radius 3 is 2.47 bits per heavy atom. The third kappa shape index (κ3) is 2.30. The largest absolute Gasteiger partial charge is 0.307 e. The first-order valence-corrected chi connectivity index (χ1v) is 5.39. The molecule has 3 nitrogen and oxygen atoms in total. The summed E-state index contributed by atoms with van der Waals surface area (Å²) in [6.45, 7) is 4.22. The van der Waals surface area contributed by atoms with Crippen LogP contribution in [0.1, 0.15) is 25.6 Å². The predicted molar refractivity (Wildman–Crippen MR) is 62.7 cm³/mol. The molecule has 1 aliphatic heterocycles. The SMILES string of the molecule is CC(C)C1=NC(c2ccc(Cl)cc2)NN1. The highest BCUT2D eigenvalue weighted by Crippen LogP contribution is 2.20. The molecule has 0 radical (unpaired) electrons. The van der Waals surface area contributed by atoms with Gasteiger partial charge in [0.15, 0.2) is 0 Å². The van der Waals surface area contributed by atoms with Gasteiger partial charge in [0.1, 0.15) is 12.0 Å². The maximum absolute atomic E-state index is 5.83. The second kappa shape index (κ2) is 4.21. The summed E-state index contributed by atoms with van der Waals surface area (Å²) in [7, 11) is 0. The molecule has 0 amide bonds. The van der Waals surface area contributed by atoms with Crippen LogP contribution in [0.5, 0.6) is 0 Å². The van der Waals surface area contributed by atoms with Crippen LogP contribution in [0.25, 0.3) is 0 Å². The number of aliphatic imine (C=N–C) groups is 1. The highest BCUT2D eigenvalue weighted by molar-refractivity contribution is 6.30. The molecule has 4 heteroatoms. The van der Waals surface area contributed by atoms with Crippen LogP contribution < -0.4 is 10.9 Å². The molecule has 0 saturated heterocycles. The Kier molecular flexibility index (Phi) is 2.93. The van der Waals surface area contributed by atoms with E-state index in [0.29, 0.717) is 5.92 Å². The lowest BCUT2D eigenvalue weighted by Crippen LogP contribution is -2.33. The van der Waals surface area contributed by atoms with Gasteiger partial charge in [-0.05, 0) is 17.7 Å². The fraction of sp³-hybridized carbons (Fsp3) is 0.364. The summed E-state index contributed by atoms with van der Waals surface area (Å²) >= 11 is 5.83. The summed E-state index contributed by atoms with van der Waals surface area (Å²) in [5.74, 6) is 1.41. The fourth-order valence-corrected chi connectivity index (χ4v) is 1.57. The second-order valence-corrected chi connectivity index (χ2v) is 4.33. The summed E-state index contributed by atoms with van der Waals surface area (Å²) in [5, 5.41) is 0.748. The van der Waals surface area contributed by atoms with Crippen molar-refractivity contribution in [2.24, 2.45) is 10.9 Å². The molecule has 1 aliphatic rings. The van der Waals surface area contributed by atoms with Crippen molar-refractivity contribution in [1.82, 2.24) is 10.9 Å². The number of benzene rings is 1. The molecule has 0 bridgehead atoms. The third-order valence-corrected chi connectivity index (χ3v) is 2.59. The molecule has 1 atom stereocenters. The first kappa shape index (κ1) is 10.5. The highest BCUT2D eigenvalue weighted by atomic mass is 35.5. The van der Waals surface area contributed by atoms with Gasteiger partial charge >= 0.3 is 0 Å². The Hall–Kier alpha value is -1.06. The zero-order valence-electron chi connectivity index (χ0n) is 8.79. The summed E-state index contributed by atoms with van der Waals surface area (Å²) in [5.41, 5.74) is 7.33. The summed E-state index contributed by atoms with van der Waals surface area (Å²) in [4.78, 5) is 4.54. The minimum absolute atomic E-state index is 0.000309. The van der Waals surface area contributed by atoms with Gasteiger partial charge in [-0.1, -0.05) is 37.6 Å². The van der Waals surface area contributed by atoms with E-state index in [1.54, 1.807) is 0 Å². The van der Waals surface area contributed by atoms with Crippen molar-refractivity contribution in [2.75, 3.05) is 0 Å². The van der Waals surface area contributed by atoms with Gasteiger partial charge in [-0.25, -0.2) is 10.4 Å². The summed E-state index contributed by atoms with van der Waals surface area (Å²) < 4.78 is 0. The lowest BCUT2D eigenvalue weighted by molar-refractivity contribution is 0.572. The van der Waals surface area contributed by atoms with Crippen LogP contribution in [0, 0.1) is 5.92 Å². The predicted octanol–water partition coefficient (Wildman–Crippen LogP) is 2.50. The van der Waals surface area contributed by atoms with Crippen molar-refractivity contribution >= 4 is 17.4 Å². The number of nitrogens with one attached hydrogen (secondary N) is 2. The molecule has 1 heterocycles.